The van der Waals surface area contributed by atoms with Gasteiger partial charge in [-0.05, 0) is 0 Å². The Morgan fingerprint density at radius 3 is 2.07 bits per heavy atom. The molecule has 0 aliphatic carbocycles. The molecule has 15 heavy (non-hydrogen) atoms. The van der Waals surface area contributed by atoms with Crippen LogP contribution in [-0.2, 0) is 0 Å². The maximum atomic E-state index is 5.94. The van der Waals surface area contributed by atoms with Crippen LogP contribution in [0.5, 0.6) is 0 Å². The van der Waals surface area contributed by atoms with E-state index >= 15 is 0 Å². The van der Waals surface area contributed by atoms with Crippen LogP contribution >= 0.6 is 46.4 Å². The Bertz CT molecular complexity index is 470. The molecule has 0 unspecified atom stereocenters. The van der Waals surface area contributed by atoms with Crippen molar-refractivity contribution < 1.29 is 0 Å². The molecule has 0 amide bonds. The minimum atomic E-state index is 0.0663. The number of aromatic nitrogens is 4. The average Bonchev–Trinajstić information content (AvgIpc) is 2.69. The van der Waals surface area contributed by atoms with E-state index in [9.17, 15) is 0 Å². The van der Waals surface area contributed by atoms with E-state index in [0.717, 1.165) is 0 Å². The van der Waals surface area contributed by atoms with E-state index in [-0.39, 0.29) is 20.4 Å². The summed E-state index contributed by atoms with van der Waals surface area (Å²) in [6.45, 7) is 0. The third kappa shape index (κ3) is 1.90. The van der Waals surface area contributed by atoms with Crippen LogP contribution < -0.4 is 0 Å². The van der Waals surface area contributed by atoms with Gasteiger partial charge in [0.05, 0.1) is 12.4 Å². The lowest BCUT2D eigenvalue weighted by atomic mass is 10.4. The first-order chi connectivity index (χ1) is 7.11. The topological polar surface area (TPSA) is 43.6 Å². The zero-order chi connectivity index (χ0) is 11.0. The lowest BCUT2D eigenvalue weighted by Crippen LogP contribution is -1.99. The Morgan fingerprint density at radius 1 is 1.00 bits per heavy atom. The summed E-state index contributed by atoms with van der Waals surface area (Å²) in [6.07, 6.45) is 3.05. The minimum absolute atomic E-state index is 0.0663. The number of rotatable bonds is 1. The van der Waals surface area contributed by atoms with Gasteiger partial charge in [0.15, 0.2) is 10.3 Å². The van der Waals surface area contributed by atoms with Crippen LogP contribution in [0.15, 0.2) is 12.4 Å². The highest BCUT2D eigenvalue weighted by atomic mass is 35.5. The summed E-state index contributed by atoms with van der Waals surface area (Å²) in [6, 6.07) is 0. The first-order valence-electron chi connectivity index (χ1n) is 3.68. The predicted molar refractivity (Wildman–Crippen MR) is 59.2 cm³/mol. The zero-order valence-electron chi connectivity index (χ0n) is 6.96. The smallest absolute Gasteiger partial charge is 0.151 e. The summed E-state index contributed by atoms with van der Waals surface area (Å²) < 4.78 is 1.37. The fraction of sp³-hybridized carbons (Fsp3) is 0. The highest BCUT2D eigenvalue weighted by Crippen LogP contribution is 2.36. The van der Waals surface area contributed by atoms with E-state index in [1.807, 2.05) is 0 Å². The number of hydrogen-bond acceptors (Lipinski definition) is 3. The molecule has 0 N–H and O–H groups in total. The van der Waals surface area contributed by atoms with Gasteiger partial charge < -0.3 is 0 Å². The largest absolute Gasteiger partial charge is 0.221 e. The van der Waals surface area contributed by atoms with Crippen molar-refractivity contribution in [3.8, 4) is 5.69 Å². The summed E-state index contributed by atoms with van der Waals surface area (Å²) in [7, 11) is 0. The van der Waals surface area contributed by atoms with Crippen molar-refractivity contribution in [2.24, 2.45) is 0 Å². The van der Waals surface area contributed by atoms with Gasteiger partial charge in [-0.3, -0.25) is 0 Å². The summed E-state index contributed by atoms with van der Waals surface area (Å²) >= 11 is 23.4. The molecule has 0 aliphatic rings. The lowest BCUT2D eigenvalue weighted by Gasteiger charge is -2.08. The molecule has 4 nitrogen and oxygen atoms in total. The molecule has 0 saturated carbocycles. The second-order valence-electron chi connectivity index (χ2n) is 2.52. The molecule has 0 atom stereocenters. The minimum Gasteiger partial charge on any atom is -0.221 e. The van der Waals surface area contributed by atoms with Crippen molar-refractivity contribution in [1.29, 1.82) is 0 Å². The lowest BCUT2D eigenvalue weighted by molar-refractivity contribution is 0.802. The van der Waals surface area contributed by atoms with E-state index < -0.39 is 0 Å². The number of nitrogens with zero attached hydrogens (tertiary/aromatic N) is 4. The molecule has 0 saturated heterocycles. The maximum absolute atomic E-state index is 5.94. The van der Waals surface area contributed by atoms with Gasteiger partial charge in [0, 0.05) is 0 Å². The molecule has 78 valence electrons. The molecule has 8 heteroatoms. The molecule has 0 radical (unpaired) electrons. The highest BCUT2D eigenvalue weighted by molar-refractivity contribution is 6.47. The molecular formula is C7H2Cl4N4. The van der Waals surface area contributed by atoms with Crippen molar-refractivity contribution in [3.05, 3.63) is 32.7 Å². The van der Waals surface area contributed by atoms with Gasteiger partial charge >= 0.3 is 0 Å². The van der Waals surface area contributed by atoms with Gasteiger partial charge in [0.2, 0.25) is 0 Å². The molecule has 2 rings (SSSR count). The summed E-state index contributed by atoms with van der Waals surface area (Å²) in [5.74, 6) is 0. The third-order valence-corrected chi connectivity index (χ3v) is 3.08. The number of pyridine rings is 1. The van der Waals surface area contributed by atoms with E-state index in [4.69, 9.17) is 46.4 Å². The van der Waals surface area contributed by atoms with Gasteiger partial charge in [-0.25, -0.2) is 9.67 Å². The fourth-order valence-electron chi connectivity index (χ4n) is 1.00. The normalized spacial score (nSPS) is 10.7. The Hall–Kier alpha value is -0.550. The van der Waals surface area contributed by atoms with Crippen LogP contribution in [0, 0.1) is 0 Å². The van der Waals surface area contributed by atoms with Crippen molar-refractivity contribution in [3.63, 3.8) is 0 Å². The second kappa shape index (κ2) is 4.14. The van der Waals surface area contributed by atoms with Gasteiger partial charge in [-0.2, -0.15) is 0 Å². The highest BCUT2D eigenvalue weighted by Gasteiger charge is 2.17. The predicted octanol–water partition coefficient (Wildman–Crippen LogP) is 3.28. The molecule has 2 aromatic heterocycles. The standard InChI is InChI=1S/C7H2Cl4N4/c8-3-5(15-2-1-12-14-15)4(9)7(11)13-6(3)10/h1-2H. The summed E-state index contributed by atoms with van der Waals surface area (Å²) in [5.41, 5.74) is 0.362. The zero-order valence-corrected chi connectivity index (χ0v) is 9.98. The monoisotopic (exact) mass is 282 g/mol. The SMILES string of the molecule is Clc1nc(Cl)c(Cl)c(-n2ccnn2)c1Cl. The first-order valence-corrected chi connectivity index (χ1v) is 5.19. The second-order valence-corrected chi connectivity index (χ2v) is 3.99. The number of hydrogen-bond donors (Lipinski definition) is 0. The van der Waals surface area contributed by atoms with Crippen LogP contribution in [0.25, 0.3) is 5.69 Å². The van der Waals surface area contributed by atoms with Crippen LogP contribution in [0.4, 0.5) is 0 Å². The van der Waals surface area contributed by atoms with Crippen molar-refractivity contribution in [2.75, 3.05) is 0 Å². The van der Waals surface area contributed by atoms with E-state index in [1.165, 1.54) is 10.9 Å². The Morgan fingerprint density at radius 2 is 1.60 bits per heavy atom. The van der Waals surface area contributed by atoms with Crippen molar-refractivity contribution in [1.82, 2.24) is 20.0 Å². The quantitative estimate of drug-likeness (QED) is 0.755. The van der Waals surface area contributed by atoms with Crippen molar-refractivity contribution in [2.45, 2.75) is 0 Å². The number of halogens is 4. The van der Waals surface area contributed by atoms with Crippen molar-refractivity contribution >= 4 is 46.4 Å². The first kappa shape index (κ1) is 11.0. The van der Waals surface area contributed by atoms with Crippen LogP contribution in [0.1, 0.15) is 0 Å². The Kier molecular flexibility index (Phi) is 3.02. The van der Waals surface area contributed by atoms with E-state index in [1.54, 1.807) is 6.20 Å². The van der Waals surface area contributed by atoms with E-state index in [2.05, 4.69) is 15.3 Å². The van der Waals surface area contributed by atoms with Gasteiger partial charge in [0.1, 0.15) is 15.7 Å². The summed E-state index contributed by atoms with van der Waals surface area (Å²) in [4.78, 5) is 3.75. The molecular weight excluding hydrogens is 282 g/mol. The Labute approximate surface area is 105 Å². The molecule has 0 aromatic carbocycles. The van der Waals surface area contributed by atoms with Crippen LogP contribution in [0.2, 0.25) is 20.4 Å². The van der Waals surface area contributed by atoms with Gasteiger partial charge in [-0.1, -0.05) is 51.6 Å². The van der Waals surface area contributed by atoms with Gasteiger partial charge in [-0.15, -0.1) is 5.10 Å². The molecule has 2 heterocycles. The summed E-state index contributed by atoms with van der Waals surface area (Å²) in [5, 5.41) is 7.86. The molecule has 0 aliphatic heterocycles. The van der Waals surface area contributed by atoms with Gasteiger partial charge in [0.25, 0.3) is 0 Å². The molecule has 0 bridgehead atoms. The average molecular weight is 284 g/mol. The maximum Gasteiger partial charge on any atom is 0.151 e. The third-order valence-electron chi connectivity index (χ3n) is 1.63. The molecule has 2 aromatic rings. The molecule has 0 spiro atoms. The fourth-order valence-corrected chi connectivity index (χ4v) is 1.89. The van der Waals surface area contributed by atoms with Crippen LogP contribution in [-0.4, -0.2) is 20.0 Å². The Balaban J connectivity index is 2.75. The van der Waals surface area contributed by atoms with Crippen LogP contribution in [0.3, 0.4) is 0 Å². The van der Waals surface area contributed by atoms with E-state index in [0.29, 0.717) is 5.69 Å². The molecule has 0 fully saturated rings.